The second kappa shape index (κ2) is 4.90. The summed E-state index contributed by atoms with van der Waals surface area (Å²) in [5.41, 5.74) is 3.97. The lowest BCUT2D eigenvalue weighted by Gasteiger charge is -2.08. The van der Waals surface area contributed by atoms with Gasteiger partial charge in [-0.2, -0.15) is 0 Å². The number of fused-ring (bicyclic) bond motifs is 1. The molecule has 0 amide bonds. The van der Waals surface area contributed by atoms with E-state index in [-0.39, 0.29) is 0 Å². The topological polar surface area (TPSA) is 53.6 Å². The Labute approximate surface area is 115 Å². The summed E-state index contributed by atoms with van der Waals surface area (Å²) in [4.78, 5) is 11.7. The van der Waals surface area contributed by atoms with Gasteiger partial charge in [0.1, 0.15) is 10.8 Å². The average Bonchev–Trinajstić information content (AvgIpc) is 2.81. The number of halogens is 1. The van der Waals surface area contributed by atoms with Crippen molar-refractivity contribution in [3.05, 3.63) is 53.1 Å². The first-order valence-electron chi connectivity index (χ1n) is 6.02. The number of H-pyrrole nitrogens is 1. The van der Waals surface area contributed by atoms with Crippen LogP contribution < -0.4 is 5.32 Å². The third-order valence-electron chi connectivity index (χ3n) is 3.06. The molecule has 3 rings (SSSR count). The van der Waals surface area contributed by atoms with Crippen molar-refractivity contribution in [3.63, 3.8) is 0 Å². The van der Waals surface area contributed by atoms with E-state index in [4.69, 9.17) is 11.6 Å². The Morgan fingerprint density at radius 3 is 3.05 bits per heavy atom. The van der Waals surface area contributed by atoms with Gasteiger partial charge < -0.3 is 10.3 Å². The van der Waals surface area contributed by atoms with Crippen molar-refractivity contribution < 1.29 is 0 Å². The number of nitrogens with one attached hydrogen (secondary N) is 2. The molecular formula is C14H13ClN4. The largest absolute Gasteiger partial charge is 0.379 e. The number of anilines is 1. The summed E-state index contributed by atoms with van der Waals surface area (Å²) in [7, 11) is 0. The van der Waals surface area contributed by atoms with E-state index in [1.807, 2.05) is 25.3 Å². The molecule has 0 atom stereocenters. The number of rotatable bonds is 3. The van der Waals surface area contributed by atoms with E-state index in [0.29, 0.717) is 5.15 Å². The fourth-order valence-electron chi connectivity index (χ4n) is 2.07. The fraction of sp³-hybridized carbons (Fsp3) is 0.143. The van der Waals surface area contributed by atoms with Gasteiger partial charge in [0, 0.05) is 24.3 Å². The molecule has 0 bridgehead atoms. The first-order valence-corrected chi connectivity index (χ1v) is 6.40. The predicted octanol–water partition coefficient (Wildman–Crippen LogP) is 3.53. The maximum Gasteiger partial charge on any atom is 0.137 e. The molecule has 0 aromatic carbocycles. The second-order valence-corrected chi connectivity index (χ2v) is 4.72. The molecule has 5 heteroatoms. The van der Waals surface area contributed by atoms with Gasteiger partial charge >= 0.3 is 0 Å². The molecule has 0 aliphatic rings. The van der Waals surface area contributed by atoms with Gasteiger partial charge in [0.25, 0.3) is 0 Å². The number of pyridine rings is 2. The number of aromatic amines is 1. The summed E-state index contributed by atoms with van der Waals surface area (Å²) < 4.78 is 0. The minimum atomic E-state index is 0.513. The van der Waals surface area contributed by atoms with E-state index in [0.717, 1.165) is 29.0 Å². The number of hydrogen-bond donors (Lipinski definition) is 2. The van der Waals surface area contributed by atoms with Crippen molar-refractivity contribution >= 4 is 28.3 Å². The van der Waals surface area contributed by atoms with E-state index >= 15 is 0 Å². The van der Waals surface area contributed by atoms with Crippen LogP contribution in [0.5, 0.6) is 0 Å². The van der Waals surface area contributed by atoms with Crippen molar-refractivity contribution in [3.8, 4) is 0 Å². The molecule has 0 unspecified atom stereocenters. The Morgan fingerprint density at radius 2 is 2.21 bits per heavy atom. The highest BCUT2D eigenvalue weighted by atomic mass is 35.5. The SMILES string of the molecule is Cc1nc(Cl)ccc1NCc1c[nH]c2ncccc12. The first kappa shape index (κ1) is 12.0. The zero-order valence-electron chi connectivity index (χ0n) is 10.4. The monoisotopic (exact) mass is 272 g/mol. The summed E-state index contributed by atoms with van der Waals surface area (Å²) >= 11 is 5.84. The summed E-state index contributed by atoms with van der Waals surface area (Å²) in [6, 6.07) is 7.73. The third-order valence-corrected chi connectivity index (χ3v) is 3.27. The molecule has 3 aromatic rings. The van der Waals surface area contributed by atoms with Crippen molar-refractivity contribution in [1.29, 1.82) is 0 Å². The Balaban J connectivity index is 1.82. The minimum absolute atomic E-state index is 0.513. The van der Waals surface area contributed by atoms with E-state index in [9.17, 15) is 0 Å². The van der Waals surface area contributed by atoms with Gasteiger partial charge in [0.05, 0.1) is 11.4 Å². The van der Waals surface area contributed by atoms with E-state index in [2.05, 4.69) is 26.3 Å². The molecule has 3 heterocycles. The Hall–Kier alpha value is -2.07. The molecule has 0 fully saturated rings. The van der Waals surface area contributed by atoms with Crippen molar-refractivity contribution in [2.45, 2.75) is 13.5 Å². The van der Waals surface area contributed by atoms with Crippen molar-refractivity contribution in [1.82, 2.24) is 15.0 Å². The molecule has 3 aromatic heterocycles. The molecular weight excluding hydrogens is 260 g/mol. The smallest absolute Gasteiger partial charge is 0.137 e. The van der Waals surface area contributed by atoms with Gasteiger partial charge in [-0.1, -0.05) is 11.6 Å². The van der Waals surface area contributed by atoms with Gasteiger partial charge in [-0.25, -0.2) is 9.97 Å². The fourth-order valence-corrected chi connectivity index (χ4v) is 2.26. The lowest BCUT2D eigenvalue weighted by Crippen LogP contribution is -2.01. The van der Waals surface area contributed by atoms with Crippen molar-refractivity contribution in [2.24, 2.45) is 0 Å². The van der Waals surface area contributed by atoms with Gasteiger partial charge in [0.2, 0.25) is 0 Å². The van der Waals surface area contributed by atoms with Crippen LogP contribution in [0, 0.1) is 6.92 Å². The average molecular weight is 273 g/mol. The lowest BCUT2D eigenvalue weighted by molar-refractivity contribution is 1.12. The maximum atomic E-state index is 5.84. The van der Waals surface area contributed by atoms with Crippen LogP contribution in [-0.2, 0) is 6.54 Å². The maximum absolute atomic E-state index is 5.84. The lowest BCUT2D eigenvalue weighted by atomic mass is 10.2. The van der Waals surface area contributed by atoms with Gasteiger partial charge in [-0.05, 0) is 36.8 Å². The molecule has 0 saturated carbocycles. The normalized spacial score (nSPS) is 10.8. The minimum Gasteiger partial charge on any atom is -0.379 e. The van der Waals surface area contributed by atoms with Crippen LogP contribution in [0.4, 0.5) is 5.69 Å². The van der Waals surface area contributed by atoms with Gasteiger partial charge in [0.15, 0.2) is 0 Å². The van der Waals surface area contributed by atoms with Crippen LogP contribution in [0.2, 0.25) is 5.15 Å². The molecule has 19 heavy (non-hydrogen) atoms. The van der Waals surface area contributed by atoms with Crippen LogP contribution in [-0.4, -0.2) is 15.0 Å². The molecule has 0 saturated heterocycles. The van der Waals surface area contributed by atoms with Gasteiger partial charge in [-0.15, -0.1) is 0 Å². The molecule has 2 N–H and O–H groups in total. The predicted molar refractivity (Wildman–Crippen MR) is 77.4 cm³/mol. The Kier molecular flexibility index (Phi) is 3.09. The summed E-state index contributed by atoms with van der Waals surface area (Å²) in [5.74, 6) is 0. The highest BCUT2D eigenvalue weighted by molar-refractivity contribution is 6.29. The first-order chi connectivity index (χ1) is 9.24. The Bertz CT molecular complexity index is 720. The van der Waals surface area contributed by atoms with Crippen LogP contribution in [0.1, 0.15) is 11.3 Å². The zero-order valence-corrected chi connectivity index (χ0v) is 11.2. The standard InChI is InChI=1S/C14H13ClN4/c1-9-12(4-5-13(15)19-9)17-7-10-8-18-14-11(10)3-2-6-16-14/h2-6,8,17H,7H2,1H3,(H,16,18). The summed E-state index contributed by atoms with van der Waals surface area (Å²) in [6.07, 6.45) is 3.76. The molecule has 0 aliphatic heterocycles. The number of nitrogens with zero attached hydrogens (tertiary/aromatic N) is 2. The Morgan fingerprint density at radius 1 is 1.32 bits per heavy atom. The zero-order chi connectivity index (χ0) is 13.2. The van der Waals surface area contributed by atoms with E-state index < -0.39 is 0 Å². The molecule has 0 radical (unpaired) electrons. The second-order valence-electron chi connectivity index (χ2n) is 4.33. The highest BCUT2D eigenvalue weighted by Gasteiger charge is 2.05. The number of aromatic nitrogens is 3. The van der Waals surface area contributed by atoms with E-state index in [1.54, 1.807) is 12.3 Å². The number of hydrogen-bond acceptors (Lipinski definition) is 3. The van der Waals surface area contributed by atoms with Crippen LogP contribution >= 0.6 is 11.6 Å². The van der Waals surface area contributed by atoms with Crippen LogP contribution in [0.25, 0.3) is 11.0 Å². The molecule has 96 valence electrons. The summed E-state index contributed by atoms with van der Waals surface area (Å²) in [6.45, 7) is 2.65. The highest BCUT2D eigenvalue weighted by Crippen LogP contribution is 2.19. The number of aryl methyl sites for hydroxylation is 1. The molecule has 4 nitrogen and oxygen atoms in total. The quantitative estimate of drug-likeness (QED) is 0.717. The third kappa shape index (κ3) is 2.39. The van der Waals surface area contributed by atoms with Crippen LogP contribution in [0.15, 0.2) is 36.7 Å². The van der Waals surface area contributed by atoms with Crippen molar-refractivity contribution in [2.75, 3.05) is 5.32 Å². The molecule has 0 aliphatic carbocycles. The summed E-state index contributed by atoms with van der Waals surface area (Å²) in [5, 5.41) is 5.01. The van der Waals surface area contributed by atoms with Gasteiger partial charge in [-0.3, -0.25) is 0 Å². The van der Waals surface area contributed by atoms with E-state index in [1.165, 1.54) is 5.56 Å². The molecule has 0 spiro atoms. The van der Waals surface area contributed by atoms with Crippen LogP contribution in [0.3, 0.4) is 0 Å².